The van der Waals surface area contributed by atoms with Gasteiger partial charge < -0.3 is 4.57 Å². The molecule has 2 nitrogen and oxygen atoms in total. The summed E-state index contributed by atoms with van der Waals surface area (Å²) in [4.78, 5) is 2.68. The second-order valence-electron chi connectivity index (χ2n) is 4.88. The van der Waals surface area contributed by atoms with Crippen molar-refractivity contribution in [2.75, 3.05) is 13.1 Å². The molecule has 0 radical (unpaired) electrons. The lowest BCUT2D eigenvalue weighted by atomic mass is 10.0. The maximum atomic E-state index is 2.68. The van der Waals surface area contributed by atoms with E-state index in [2.05, 4.69) is 41.6 Å². The van der Waals surface area contributed by atoms with Gasteiger partial charge in [-0.05, 0) is 50.9 Å². The Bertz CT molecular complexity index is 310. The third kappa shape index (κ3) is 2.49. The molecule has 2 heteroatoms. The molecule has 16 heavy (non-hydrogen) atoms. The lowest BCUT2D eigenvalue weighted by Crippen LogP contribution is -2.42. The smallest absolute Gasteiger partial charge is 0.0378 e. The van der Waals surface area contributed by atoms with Gasteiger partial charge in [0.25, 0.3) is 0 Å². The van der Waals surface area contributed by atoms with Gasteiger partial charge >= 0.3 is 0 Å². The molecule has 1 aromatic rings. The van der Waals surface area contributed by atoms with Gasteiger partial charge in [-0.25, -0.2) is 0 Å². The number of fused-ring (bicyclic) bond motifs is 1. The van der Waals surface area contributed by atoms with E-state index in [1.165, 1.54) is 51.0 Å². The summed E-state index contributed by atoms with van der Waals surface area (Å²) < 4.78 is 2.44. The number of hydrogen-bond acceptors (Lipinski definition) is 1. The van der Waals surface area contributed by atoms with E-state index in [9.17, 15) is 0 Å². The molecule has 0 fully saturated rings. The van der Waals surface area contributed by atoms with Crippen molar-refractivity contribution >= 4 is 0 Å². The molecule has 1 aromatic heterocycles. The largest absolute Gasteiger partial charge is 0.350 e. The van der Waals surface area contributed by atoms with Gasteiger partial charge in [0.15, 0.2) is 0 Å². The summed E-state index contributed by atoms with van der Waals surface area (Å²) in [6, 6.07) is 5.21. The zero-order valence-corrected chi connectivity index (χ0v) is 10.7. The Hall–Kier alpha value is -0.760. The summed E-state index contributed by atoms with van der Waals surface area (Å²) in [7, 11) is 0. The summed E-state index contributed by atoms with van der Waals surface area (Å²) in [6.07, 6.45) is 7.37. The van der Waals surface area contributed by atoms with E-state index in [0.29, 0.717) is 0 Å². The average molecular weight is 220 g/mol. The Morgan fingerprint density at radius 1 is 1.31 bits per heavy atom. The highest BCUT2D eigenvalue weighted by Crippen LogP contribution is 2.20. The van der Waals surface area contributed by atoms with Crippen LogP contribution in [0.15, 0.2) is 18.3 Å². The van der Waals surface area contributed by atoms with E-state index < -0.39 is 0 Å². The first-order chi connectivity index (χ1) is 7.85. The van der Waals surface area contributed by atoms with E-state index in [1.54, 1.807) is 0 Å². The van der Waals surface area contributed by atoms with Gasteiger partial charge in [0, 0.05) is 24.5 Å². The quantitative estimate of drug-likeness (QED) is 0.740. The van der Waals surface area contributed by atoms with Crippen LogP contribution in [0.4, 0.5) is 0 Å². The predicted octanol–water partition coefficient (Wildman–Crippen LogP) is 2.92. The monoisotopic (exact) mass is 220 g/mol. The van der Waals surface area contributed by atoms with Crippen LogP contribution in [0.5, 0.6) is 0 Å². The number of nitrogens with zero attached hydrogens (tertiary/aromatic N) is 2. The third-order valence-corrected chi connectivity index (χ3v) is 3.60. The molecule has 0 bridgehead atoms. The highest BCUT2D eigenvalue weighted by atomic mass is 15.2. The number of aryl methyl sites for hydroxylation is 1. The van der Waals surface area contributed by atoms with E-state index in [-0.39, 0.29) is 0 Å². The molecular weight excluding hydrogens is 196 g/mol. The van der Waals surface area contributed by atoms with Gasteiger partial charge in [-0.15, -0.1) is 0 Å². The maximum Gasteiger partial charge on any atom is 0.0378 e. The molecule has 1 aliphatic heterocycles. The molecule has 0 unspecified atom stereocenters. The van der Waals surface area contributed by atoms with Crippen LogP contribution in [-0.4, -0.2) is 28.6 Å². The van der Waals surface area contributed by atoms with Gasteiger partial charge in [0.2, 0.25) is 0 Å². The van der Waals surface area contributed by atoms with Crippen molar-refractivity contribution in [3.63, 3.8) is 0 Å². The predicted molar refractivity (Wildman–Crippen MR) is 68.7 cm³/mol. The van der Waals surface area contributed by atoms with Gasteiger partial charge in [-0.1, -0.05) is 13.8 Å². The molecule has 0 aliphatic carbocycles. The van der Waals surface area contributed by atoms with Crippen molar-refractivity contribution in [3.05, 3.63) is 24.0 Å². The van der Waals surface area contributed by atoms with Gasteiger partial charge in [-0.3, -0.25) is 4.90 Å². The van der Waals surface area contributed by atoms with Gasteiger partial charge in [-0.2, -0.15) is 0 Å². The molecule has 90 valence electrons. The normalized spacial score (nSPS) is 20.1. The van der Waals surface area contributed by atoms with E-state index >= 15 is 0 Å². The van der Waals surface area contributed by atoms with Crippen LogP contribution in [0.1, 0.15) is 38.8 Å². The lowest BCUT2D eigenvalue weighted by molar-refractivity contribution is 0.157. The van der Waals surface area contributed by atoms with Crippen molar-refractivity contribution < 1.29 is 0 Å². The first-order valence-corrected chi connectivity index (χ1v) is 6.73. The van der Waals surface area contributed by atoms with E-state index in [4.69, 9.17) is 0 Å². The molecule has 0 saturated carbocycles. The van der Waals surface area contributed by atoms with Crippen LogP contribution in [0.25, 0.3) is 0 Å². The Morgan fingerprint density at radius 2 is 2.06 bits per heavy atom. The summed E-state index contributed by atoms with van der Waals surface area (Å²) in [5.74, 6) is 0. The van der Waals surface area contributed by atoms with Crippen LogP contribution >= 0.6 is 0 Å². The standard InChI is InChI=1S/C14H24N2/c1-3-9-15(10-4-2)14-8-7-13-6-5-11-16(13)12-14/h5-6,11,14H,3-4,7-10,12H2,1-2H3/t14-/m1/s1. The Kier molecular flexibility index (Phi) is 4.05. The molecule has 1 aliphatic rings. The SMILES string of the molecule is CCCN(CCC)[C@@H]1CCc2cccn2C1. The minimum absolute atomic E-state index is 0.764. The van der Waals surface area contributed by atoms with Gasteiger partial charge in [0.1, 0.15) is 0 Å². The first-order valence-electron chi connectivity index (χ1n) is 6.73. The molecule has 0 N–H and O–H groups in total. The Balaban J connectivity index is 2.00. The summed E-state index contributed by atoms with van der Waals surface area (Å²) in [6.45, 7) is 8.28. The van der Waals surface area contributed by atoms with E-state index in [1.807, 2.05) is 0 Å². The summed E-state index contributed by atoms with van der Waals surface area (Å²) in [5, 5.41) is 0. The van der Waals surface area contributed by atoms with Crippen LogP contribution in [-0.2, 0) is 13.0 Å². The number of hydrogen-bond donors (Lipinski definition) is 0. The fourth-order valence-corrected chi connectivity index (χ4v) is 2.84. The minimum Gasteiger partial charge on any atom is -0.350 e. The van der Waals surface area contributed by atoms with E-state index in [0.717, 1.165) is 6.04 Å². The highest BCUT2D eigenvalue weighted by molar-refractivity contribution is 5.10. The topological polar surface area (TPSA) is 8.17 Å². The molecule has 2 rings (SSSR count). The summed E-state index contributed by atoms with van der Waals surface area (Å²) >= 11 is 0. The van der Waals surface area contributed by atoms with Gasteiger partial charge in [0.05, 0.1) is 0 Å². The zero-order valence-electron chi connectivity index (χ0n) is 10.7. The lowest BCUT2D eigenvalue weighted by Gasteiger charge is -2.35. The second-order valence-corrected chi connectivity index (χ2v) is 4.88. The van der Waals surface area contributed by atoms with Crippen LogP contribution < -0.4 is 0 Å². The van der Waals surface area contributed by atoms with Crippen molar-refractivity contribution in [1.82, 2.24) is 9.47 Å². The van der Waals surface area contributed by atoms with Crippen LogP contribution in [0.3, 0.4) is 0 Å². The van der Waals surface area contributed by atoms with Crippen molar-refractivity contribution in [2.24, 2.45) is 0 Å². The third-order valence-electron chi connectivity index (χ3n) is 3.60. The number of aromatic nitrogens is 1. The maximum absolute atomic E-state index is 2.68. The number of rotatable bonds is 5. The molecule has 2 heterocycles. The van der Waals surface area contributed by atoms with Crippen molar-refractivity contribution in [3.8, 4) is 0 Å². The Morgan fingerprint density at radius 3 is 2.75 bits per heavy atom. The fourth-order valence-electron chi connectivity index (χ4n) is 2.84. The molecule has 0 amide bonds. The summed E-state index contributed by atoms with van der Waals surface area (Å²) in [5.41, 5.74) is 1.52. The second kappa shape index (κ2) is 5.53. The fraction of sp³-hybridized carbons (Fsp3) is 0.714. The van der Waals surface area contributed by atoms with Crippen LogP contribution in [0.2, 0.25) is 0 Å². The van der Waals surface area contributed by atoms with Crippen LogP contribution in [0, 0.1) is 0 Å². The first kappa shape index (κ1) is 11.7. The zero-order chi connectivity index (χ0) is 11.4. The minimum atomic E-state index is 0.764. The molecule has 0 aromatic carbocycles. The average Bonchev–Trinajstić information content (AvgIpc) is 2.75. The van der Waals surface area contributed by atoms with Crippen molar-refractivity contribution in [1.29, 1.82) is 0 Å². The Labute approximate surface area is 99.3 Å². The molecule has 1 atom stereocenters. The molecule has 0 spiro atoms. The van der Waals surface area contributed by atoms with Crippen molar-refractivity contribution in [2.45, 2.75) is 52.1 Å². The molecule has 0 saturated heterocycles. The molecular formula is C14H24N2. The highest BCUT2D eigenvalue weighted by Gasteiger charge is 2.22.